The fraction of sp³-hybridized carbons (Fsp3) is 0.0556. The van der Waals surface area contributed by atoms with E-state index in [2.05, 4.69) is 37.3 Å². The molecule has 0 unspecified atom stereocenters. The Labute approximate surface area is 153 Å². The van der Waals surface area contributed by atoms with Crippen LogP contribution in [0.15, 0.2) is 69.7 Å². The molecule has 0 amide bonds. The number of allylic oxidation sites excluding steroid dienone is 1. The van der Waals surface area contributed by atoms with E-state index in [9.17, 15) is 0 Å². The van der Waals surface area contributed by atoms with Crippen molar-refractivity contribution in [1.82, 2.24) is 14.9 Å². The van der Waals surface area contributed by atoms with Crippen molar-refractivity contribution in [3.63, 3.8) is 0 Å². The Balaban J connectivity index is 1.94. The van der Waals surface area contributed by atoms with Gasteiger partial charge in [-0.25, -0.2) is 5.10 Å². The molecule has 0 aliphatic heterocycles. The van der Waals surface area contributed by atoms with Gasteiger partial charge in [0.1, 0.15) is 0 Å². The molecule has 1 N–H and O–H groups in total. The maximum atomic E-state index is 5.29. The van der Waals surface area contributed by atoms with Crippen molar-refractivity contribution in [3.05, 3.63) is 75.0 Å². The van der Waals surface area contributed by atoms with Crippen LogP contribution in [-0.4, -0.2) is 21.1 Å². The Morgan fingerprint density at radius 3 is 2.62 bits per heavy atom. The highest BCUT2D eigenvalue weighted by molar-refractivity contribution is 9.10. The molecule has 1 heterocycles. The fourth-order valence-corrected chi connectivity index (χ4v) is 2.86. The minimum atomic E-state index is 0.449. The SMILES string of the molecule is CC(/C=N\n1c(-c2ccccc2Br)n[nH]c1=S)=C\c1ccccc1. The average molecular weight is 399 g/mol. The van der Waals surface area contributed by atoms with E-state index >= 15 is 0 Å². The lowest BCUT2D eigenvalue weighted by Crippen LogP contribution is -1.95. The van der Waals surface area contributed by atoms with E-state index in [0.717, 1.165) is 21.2 Å². The molecule has 120 valence electrons. The van der Waals surface area contributed by atoms with Gasteiger partial charge in [0.25, 0.3) is 0 Å². The lowest BCUT2D eigenvalue weighted by atomic mass is 10.1. The quantitative estimate of drug-likeness (QED) is 0.478. The average Bonchev–Trinajstić information content (AvgIpc) is 2.95. The highest BCUT2D eigenvalue weighted by atomic mass is 79.9. The Morgan fingerprint density at radius 1 is 1.17 bits per heavy atom. The first-order valence-corrected chi connectivity index (χ1v) is 8.55. The summed E-state index contributed by atoms with van der Waals surface area (Å²) in [5.74, 6) is 0.663. The third-order valence-corrected chi connectivity index (χ3v) is 4.29. The van der Waals surface area contributed by atoms with E-state index in [0.29, 0.717) is 10.6 Å². The zero-order valence-corrected chi connectivity index (χ0v) is 15.4. The third kappa shape index (κ3) is 3.77. The summed E-state index contributed by atoms with van der Waals surface area (Å²) < 4.78 is 3.01. The van der Waals surface area contributed by atoms with Crippen molar-refractivity contribution in [1.29, 1.82) is 0 Å². The number of halogens is 1. The summed E-state index contributed by atoms with van der Waals surface area (Å²) in [5, 5.41) is 11.6. The first-order valence-electron chi connectivity index (χ1n) is 7.35. The topological polar surface area (TPSA) is 46.0 Å². The van der Waals surface area contributed by atoms with E-state index in [1.54, 1.807) is 10.9 Å². The number of aromatic amines is 1. The van der Waals surface area contributed by atoms with Crippen molar-refractivity contribution in [2.75, 3.05) is 0 Å². The predicted molar refractivity (Wildman–Crippen MR) is 105 cm³/mol. The molecule has 2 aromatic carbocycles. The number of nitrogens with zero attached hydrogens (tertiary/aromatic N) is 3. The Bertz CT molecular complexity index is 954. The van der Waals surface area contributed by atoms with Gasteiger partial charge in [0.05, 0.1) is 6.21 Å². The van der Waals surface area contributed by atoms with E-state index in [1.165, 1.54) is 0 Å². The highest BCUT2D eigenvalue weighted by Gasteiger charge is 2.10. The molecule has 0 saturated heterocycles. The molecule has 0 atom stereocenters. The van der Waals surface area contributed by atoms with Gasteiger partial charge >= 0.3 is 0 Å². The summed E-state index contributed by atoms with van der Waals surface area (Å²) in [6, 6.07) is 17.9. The van der Waals surface area contributed by atoms with Crippen molar-refractivity contribution in [2.24, 2.45) is 5.10 Å². The smallest absolute Gasteiger partial charge is 0.216 e. The zero-order chi connectivity index (χ0) is 16.9. The Hall–Kier alpha value is -2.31. The van der Waals surface area contributed by atoms with E-state index in [-0.39, 0.29) is 0 Å². The number of rotatable bonds is 4. The molecule has 6 heteroatoms. The molecule has 0 fully saturated rings. The molecule has 24 heavy (non-hydrogen) atoms. The number of H-pyrrole nitrogens is 1. The number of benzene rings is 2. The van der Waals surface area contributed by atoms with Crippen LogP contribution in [0.2, 0.25) is 0 Å². The second kappa shape index (κ2) is 7.51. The molecule has 0 aliphatic carbocycles. The molecule has 0 bridgehead atoms. The maximum Gasteiger partial charge on any atom is 0.216 e. The largest absolute Gasteiger partial charge is 0.250 e. The Morgan fingerprint density at radius 2 is 1.88 bits per heavy atom. The van der Waals surface area contributed by atoms with Gasteiger partial charge in [0.15, 0.2) is 5.82 Å². The van der Waals surface area contributed by atoms with Gasteiger partial charge in [0, 0.05) is 10.0 Å². The Kier molecular flexibility index (Phi) is 5.17. The van der Waals surface area contributed by atoms with Crippen LogP contribution in [0.5, 0.6) is 0 Å². The van der Waals surface area contributed by atoms with Gasteiger partial charge in [-0.3, -0.25) is 0 Å². The lowest BCUT2D eigenvalue weighted by Gasteiger charge is -2.03. The number of hydrogen-bond donors (Lipinski definition) is 1. The normalized spacial score (nSPS) is 12.0. The molecule has 3 rings (SSSR count). The van der Waals surface area contributed by atoms with Crippen molar-refractivity contribution < 1.29 is 0 Å². The first kappa shape index (κ1) is 16.5. The lowest BCUT2D eigenvalue weighted by molar-refractivity contribution is 0.871. The van der Waals surface area contributed by atoms with E-state index in [1.807, 2.05) is 61.5 Å². The summed E-state index contributed by atoms with van der Waals surface area (Å²) in [7, 11) is 0. The summed E-state index contributed by atoms with van der Waals surface area (Å²) in [5.41, 5.74) is 3.07. The number of nitrogens with one attached hydrogen (secondary N) is 1. The van der Waals surface area contributed by atoms with Gasteiger partial charge in [0.2, 0.25) is 4.77 Å². The molecule has 0 saturated carbocycles. The summed E-state index contributed by atoms with van der Waals surface area (Å²) >= 11 is 8.83. The van der Waals surface area contributed by atoms with Crippen LogP contribution >= 0.6 is 28.1 Å². The van der Waals surface area contributed by atoms with Crippen LogP contribution in [0.3, 0.4) is 0 Å². The summed E-state index contributed by atoms with van der Waals surface area (Å²) in [4.78, 5) is 0. The van der Waals surface area contributed by atoms with Gasteiger partial charge < -0.3 is 0 Å². The van der Waals surface area contributed by atoms with Crippen LogP contribution in [0.1, 0.15) is 12.5 Å². The molecule has 3 aromatic rings. The predicted octanol–water partition coefficient (Wildman–Crippen LogP) is 5.31. The van der Waals surface area contributed by atoms with E-state index in [4.69, 9.17) is 12.2 Å². The van der Waals surface area contributed by atoms with Crippen LogP contribution in [0, 0.1) is 4.77 Å². The van der Waals surface area contributed by atoms with Gasteiger partial charge in [-0.2, -0.15) is 14.9 Å². The van der Waals surface area contributed by atoms with Crippen molar-refractivity contribution >= 4 is 40.4 Å². The second-order valence-corrected chi connectivity index (χ2v) is 6.43. The molecule has 0 aliphatic rings. The number of aromatic nitrogens is 3. The second-order valence-electron chi connectivity index (χ2n) is 5.19. The molecule has 1 aromatic heterocycles. The third-order valence-electron chi connectivity index (χ3n) is 3.34. The van der Waals surface area contributed by atoms with Gasteiger partial charge in [-0.05, 0) is 42.4 Å². The summed E-state index contributed by atoms with van der Waals surface area (Å²) in [6.07, 6.45) is 3.84. The van der Waals surface area contributed by atoms with Crippen molar-refractivity contribution in [3.8, 4) is 11.4 Å². The highest BCUT2D eigenvalue weighted by Crippen LogP contribution is 2.26. The van der Waals surface area contributed by atoms with E-state index < -0.39 is 0 Å². The minimum absolute atomic E-state index is 0.449. The molecule has 0 spiro atoms. The maximum absolute atomic E-state index is 5.29. The van der Waals surface area contributed by atoms with Crippen LogP contribution < -0.4 is 0 Å². The van der Waals surface area contributed by atoms with Gasteiger partial charge in [-0.15, -0.1) is 0 Å². The molecular formula is C18H15BrN4S. The monoisotopic (exact) mass is 398 g/mol. The zero-order valence-electron chi connectivity index (χ0n) is 13.0. The fourth-order valence-electron chi connectivity index (χ4n) is 2.21. The van der Waals surface area contributed by atoms with Crippen molar-refractivity contribution in [2.45, 2.75) is 6.92 Å². The molecular weight excluding hydrogens is 384 g/mol. The minimum Gasteiger partial charge on any atom is -0.250 e. The van der Waals surface area contributed by atoms with Gasteiger partial charge in [-0.1, -0.05) is 64.5 Å². The summed E-state index contributed by atoms with van der Waals surface area (Å²) in [6.45, 7) is 2.00. The standard InChI is InChI=1S/C18H15BrN4S/c1-13(11-14-7-3-2-4-8-14)12-20-23-17(21-22-18(23)24)15-9-5-6-10-16(15)19/h2-12H,1H3,(H,22,24)/b13-11+,20-12-. The molecule has 0 radical (unpaired) electrons. The number of hydrogen-bond acceptors (Lipinski definition) is 3. The van der Waals surface area contributed by atoms with Crippen LogP contribution in [-0.2, 0) is 0 Å². The first-order chi connectivity index (χ1) is 11.6. The molecule has 4 nitrogen and oxygen atoms in total. The van der Waals surface area contributed by atoms with Crippen LogP contribution in [0.4, 0.5) is 0 Å². The van der Waals surface area contributed by atoms with Crippen LogP contribution in [0.25, 0.3) is 17.5 Å².